The van der Waals surface area contributed by atoms with Crippen LogP contribution in [0.1, 0.15) is 40.2 Å². The maximum atomic E-state index is 12.4. The van der Waals surface area contributed by atoms with E-state index in [1.807, 2.05) is 0 Å². The second-order valence-electron chi connectivity index (χ2n) is 7.82. The summed E-state index contributed by atoms with van der Waals surface area (Å²) in [4.78, 5) is 64.9. The van der Waals surface area contributed by atoms with Crippen LogP contribution in [0.5, 0.6) is 0 Å². The van der Waals surface area contributed by atoms with Gasteiger partial charge in [-0.05, 0) is 48.2 Å². The summed E-state index contributed by atoms with van der Waals surface area (Å²) in [6.07, 6.45) is -0.663. The summed E-state index contributed by atoms with van der Waals surface area (Å²) in [5, 5.41) is 30.2. The second kappa shape index (κ2) is 10.5. The molecular weight excluding hydrogens is 460 g/mol. The van der Waals surface area contributed by atoms with Crippen LogP contribution in [0.25, 0.3) is 10.9 Å². The van der Waals surface area contributed by atoms with Gasteiger partial charge in [-0.2, -0.15) is 0 Å². The number of carboxylic acid groups (broad SMARTS) is 3. The van der Waals surface area contributed by atoms with Crippen molar-refractivity contribution >= 4 is 40.7 Å². The Hall–Kier alpha value is -4.74. The van der Waals surface area contributed by atoms with E-state index in [2.05, 4.69) is 15.3 Å². The first-order valence-corrected chi connectivity index (χ1v) is 10.4. The van der Waals surface area contributed by atoms with Gasteiger partial charge < -0.3 is 26.4 Å². The summed E-state index contributed by atoms with van der Waals surface area (Å²) in [5.41, 5.74) is 6.51. The topological polar surface area (TPSA) is 213 Å². The molecule has 0 aliphatic carbocycles. The van der Waals surface area contributed by atoms with Gasteiger partial charge in [0.1, 0.15) is 6.04 Å². The molecule has 0 spiro atoms. The largest absolute Gasteiger partial charge is 0.481 e. The van der Waals surface area contributed by atoms with Gasteiger partial charge in [0.25, 0.3) is 11.5 Å². The van der Waals surface area contributed by atoms with Gasteiger partial charge in [-0.25, -0.2) is 9.78 Å². The molecule has 1 amide bonds. The molecule has 0 unspecified atom stereocenters. The molecule has 0 radical (unpaired) electrons. The van der Waals surface area contributed by atoms with Gasteiger partial charge in [-0.1, -0.05) is 18.2 Å². The van der Waals surface area contributed by atoms with Gasteiger partial charge in [-0.3, -0.25) is 24.2 Å². The standard InChI is InChI=1S/C23H22N4O8/c24-23-26-16-6-1-11(10-15(16)20(31)27-23)9-14(21(32)33)12-2-4-13(5-3-12)19(30)25-17(22(34)35)7-8-18(28)29/h1-6,10,14,17H,7-9H2,(H,25,30)(H,28,29)(H,32,33)(H,34,35)(H3,24,26,27,31)/t14-,17-/m1/s1. The van der Waals surface area contributed by atoms with Crippen LogP contribution in [0.2, 0.25) is 0 Å². The number of nitrogens with zero attached hydrogens (tertiary/aromatic N) is 1. The molecule has 3 rings (SSSR count). The number of benzene rings is 2. The van der Waals surface area contributed by atoms with Crippen LogP contribution in [-0.2, 0) is 20.8 Å². The zero-order valence-electron chi connectivity index (χ0n) is 18.2. The molecule has 0 bridgehead atoms. The molecule has 0 aliphatic heterocycles. The van der Waals surface area contributed by atoms with Crippen LogP contribution >= 0.6 is 0 Å². The summed E-state index contributed by atoms with van der Waals surface area (Å²) in [7, 11) is 0. The normalized spacial score (nSPS) is 12.6. The predicted molar refractivity (Wildman–Crippen MR) is 123 cm³/mol. The third kappa shape index (κ3) is 6.19. The predicted octanol–water partition coefficient (Wildman–Crippen LogP) is 0.964. The zero-order valence-corrected chi connectivity index (χ0v) is 18.2. The molecule has 0 saturated carbocycles. The van der Waals surface area contributed by atoms with E-state index < -0.39 is 47.8 Å². The smallest absolute Gasteiger partial charge is 0.326 e. The Kier molecular flexibility index (Phi) is 7.44. The van der Waals surface area contributed by atoms with Crippen molar-refractivity contribution in [1.82, 2.24) is 15.3 Å². The fraction of sp³-hybridized carbons (Fsp3) is 0.217. The van der Waals surface area contributed by atoms with E-state index in [4.69, 9.17) is 10.8 Å². The molecule has 2 atom stereocenters. The molecule has 12 heteroatoms. The summed E-state index contributed by atoms with van der Waals surface area (Å²) in [6.45, 7) is 0. The average molecular weight is 482 g/mol. The number of H-pyrrole nitrogens is 1. The summed E-state index contributed by atoms with van der Waals surface area (Å²) < 4.78 is 0. The number of aromatic amines is 1. The van der Waals surface area contributed by atoms with Crippen molar-refractivity contribution in [3.8, 4) is 0 Å². The van der Waals surface area contributed by atoms with Gasteiger partial charge in [0.2, 0.25) is 5.95 Å². The van der Waals surface area contributed by atoms with Crippen molar-refractivity contribution in [1.29, 1.82) is 0 Å². The number of rotatable bonds is 10. The molecule has 182 valence electrons. The molecule has 1 heterocycles. The second-order valence-corrected chi connectivity index (χ2v) is 7.82. The van der Waals surface area contributed by atoms with E-state index >= 15 is 0 Å². The number of aromatic nitrogens is 2. The first-order chi connectivity index (χ1) is 16.5. The Labute approximate surface area is 197 Å². The van der Waals surface area contributed by atoms with Crippen LogP contribution in [0, 0.1) is 0 Å². The fourth-order valence-electron chi connectivity index (χ4n) is 3.55. The quantitative estimate of drug-likeness (QED) is 0.241. The fourth-order valence-corrected chi connectivity index (χ4v) is 3.55. The molecule has 7 N–H and O–H groups in total. The third-order valence-corrected chi connectivity index (χ3v) is 5.35. The number of nitrogens with two attached hydrogens (primary N) is 1. The van der Waals surface area contributed by atoms with Crippen molar-refractivity contribution in [2.45, 2.75) is 31.2 Å². The number of amides is 1. The van der Waals surface area contributed by atoms with E-state index in [1.54, 1.807) is 18.2 Å². The van der Waals surface area contributed by atoms with Crippen molar-refractivity contribution < 1.29 is 34.5 Å². The number of anilines is 1. The molecule has 0 saturated heterocycles. The minimum Gasteiger partial charge on any atom is -0.481 e. The maximum Gasteiger partial charge on any atom is 0.326 e. The van der Waals surface area contributed by atoms with Gasteiger partial charge >= 0.3 is 17.9 Å². The van der Waals surface area contributed by atoms with Crippen molar-refractivity contribution in [3.63, 3.8) is 0 Å². The Balaban J connectivity index is 1.78. The highest BCUT2D eigenvalue weighted by Gasteiger charge is 2.24. The Morgan fingerprint density at radius 2 is 1.69 bits per heavy atom. The van der Waals surface area contributed by atoms with Crippen LogP contribution < -0.4 is 16.6 Å². The number of carboxylic acids is 3. The van der Waals surface area contributed by atoms with Crippen LogP contribution in [0.3, 0.4) is 0 Å². The molecule has 3 aromatic rings. The lowest BCUT2D eigenvalue weighted by molar-refractivity contribution is -0.141. The number of hydrogen-bond donors (Lipinski definition) is 6. The zero-order chi connectivity index (χ0) is 25.7. The highest BCUT2D eigenvalue weighted by molar-refractivity contribution is 5.96. The molecule has 2 aromatic carbocycles. The lowest BCUT2D eigenvalue weighted by Crippen LogP contribution is -2.41. The minimum absolute atomic E-state index is 0.0284. The lowest BCUT2D eigenvalue weighted by Gasteiger charge is -2.15. The van der Waals surface area contributed by atoms with Gasteiger partial charge in [-0.15, -0.1) is 0 Å². The highest BCUT2D eigenvalue weighted by atomic mass is 16.4. The molecule has 12 nitrogen and oxygen atoms in total. The lowest BCUT2D eigenvalue weighted by atomic mass is 9.91. The van der Waals surface area contributed by atoms with E-state index in [0.29, 0.717) is 16.6 Å². The molecule has 35 heavy (non-hydrogen) atoms. The Bertz CT molecular complexity index is 1350. The minimum atomic E-state index is -1.38. The maximum absolute atomic E-state index is 12.4. The number of hydrogen-bond acceptors (Lipinski definition) is 7. The van der Waals surface area contributed by atoms with E-state index in [0.717, 1.165) is 0 Å². The van der Waals surface area contributed by atoms with Gasteiger partial charge in [0.15, 0.2) is 0 Å². The number of nitrogen functional groups attached to an aromatic ring is 1. The first-order valence-electron chi connectivity index (χ1n) is 10.4. The van der Waals surface area contributed by atoms with Crippen molar-refractivity contribution in [2.75, 3.05) is 5.73 Å². The van der Waals surface area contributed by atoms with Crippen LogP contribution in [-0.4, -0.2) is 55.1 Å². The average Bonchev–Trinajstić information content (AvgIpc) is 2.79. The monoisotopic (exact) mass is 482 g/mol. The SMILES string of the molecule is Nc1nc2ccc(C[C@@H](C(=O)O)c3ccc(C(=O)N[C@H](CCC(=O)O)C(=O)O)cc3)cc2c(=O)[nH]1. The molecule has 1 aromatic heterocycles. The molecule has 0 aliphatic rings. The first kappa shape index (κ1) is 24.9. The number of carbonyl (C=O) groups is 4. The summed E-state index contributed by atoms with van der Waals surface area (Å²) in [5.74, 6) is -5.43. The molecular formula is C23H22N4O8. The third-order valence-electron chi connectivity index (χ3n) is 5.35. The number of carbonyl (C=O) groups excluding carboxylic acids is 1. The van der Waals surface area contributed by atoms with Gasteiger partial charge in [0.05, 0.1) is 16.8 Å². The van der Waals surface area contributed by atoms with Crippen LogP contribution in [0.15, 0.2) is 47.3 Å². The van der Waals surface area contributed by atoms with E-state index in [9.17, 15) is 34.2 Å². The van der Waals surface area contributed by atoms with E-state index in [-0.39, 0.29) is 29.7 Å². The Morgan fingerprint density at radius 3 is 2.29 bits per heavy atom. The molecule has 0 fully saturated rings. The summed E-state index contributed by atoms with van der Waals surface area (Å²) >= 11 is 0. The highest BCUT2D eigenvalue weighted by Crippen LogP contribution is 2.23. The van der Waals surface area contributed by atoms with Crippen LogP contribution in [0.4, 0.5) is 5.95 Å². The van der Waals surface area contributed by atoms with Crippen molar-refractivity contribution in [3.05, 3.63) is 69.5 Å². The Morgan fingerprint density at radius 1 is 1.00 bits per heavy atom. The number of fused-ring (bicyclic) bond motifs is 1. The van der Waals surface area contributed by atoms with Crippen molar-refractivity contribution in [2.24, 2.45) is 0 Å². The van der Waals surface area contributed by atoms with Gasteiger partial charge in [0, 0.05) is 12.0 Å². The number of aliphatic carboxylic acids is 3. The summed E-state index contributed by atoms with van der Waals surface area (Å²) in [6, 6.07) is 8.98. The van der Waals surface area contributed by atoms with E-state index in [1.165, 1.54) is 24.3 Å². The number of nitrogens with one attached hydrogen (secondary N) is 2.